The van der Waals surface area contributed by atoms with Gasteiger partial charge in [0.15, 0.2) is 0 Å². The number of nitro groups is 1. The highest BCUT2D eigenvalue weighted by Crippen LogP contribution is 2.41. The molecule has 1 fully saturated rings. The second-order valence-electron chi connectivity index (χ2n) is 8.40. The van der Waals surface area contributed by atoms with Crippen molar-refractivity contribution in [2.45, 2.75) is 44.4 Å². The van der Waals surface area contributed by atoms with Gasteiger partial charge in [-0.15, -0.1) is 0 Å². The highest BCUT2D eigenvalue weighted by Gasteiger charge is 2.51. The third-order valence-corrected chi connectivity index (χ3v) is 6.70. The molecule has 2 aliphatic rings. The van der Waals surface area contributed by atoms with Crippen LogP contribution in [0.5, 0.6) is 5.75 Å². The van der Waals surface area contributed by atoms with Gasteiger partial charge in [-0.05, 0) is 43.2 Å². The zero-order valence-corrected chi connectivity index (χ0v) is 18.4. The molecule has 0 aliphatic carbocycles. The first kappa shape index (κ1) is 22.8. The van der Waals surface area contributed by atoms with Gasteiger partial charge in [-0.2, -0.15) is 0 Å². The van der Waals surface area contributed by atoms with Crippen LogP contribution in [0.2, 0.25) is 5.02 Å². The van der Waals surface area contributed by atoms with Crippen LogP contribution in [0.1, 0.15) is 19.4 Å². The van der Waals surface area contributed by atoms with E-state index in [0.29, 0.717) is 13.0 Å². The number of nitro benzene ring substituents is 1. The van der Waals surface area contributed by atoms with E-state index in [1.54, 1.807) is 37.3 Å². The van der Waals surface area contributed by atoms with Crippen LogP contribution in [-0.2, 0) is 11.2 Å². The number of ether oxygens (including phenoxy) is 2. The molecule has 0 aromatic heterocycles. The standard InChI is InChI=1S/C22H25ClN2O7/c1-12-20(27)19(11-26)32-21(22(12,2)28)31-18-6-4-14(10-16(18)23)24-8-7-13-9-15(25(29)30)3-5-17(13)24/h3-6,9-10,12,19-21,26-28H,7-8,11H2,1-2H3/t12?,19?,20-,21-,22-/m0/s1. The molecule has 2 aromatic carbocycles. The maximum Gasteiger partial charge on any atom is 0.269 e. The molecule has 0 saturated carbocycles. The van der Waals surface area contributed by atoms with Gasteiger partial charge in [-0.3, -0.25) is 10.1 Å². The Morgan fingerprint density at radius 1 is 1.34 bits per heavy atom. The van der Waals surface area contributed by atoms with Crippen LogP contribution in [0.3, 0.4) is 0 Å². The van der Waals surface area contributed by atoms with Crippen molar-refractivity contribution in [3.8, 4) is 5.75 Å². The molecule has 172 valence electrons. The first-order valence-corrected chi connectivity index (χ1v) is 10.7. The number of nitrogens with zero attached hydrogens (tertiary/aromatic N) is 2. The number of aliphatic hydroxyl groups is 3. The van der Waals surface area contributed by atoms with Crippen molar-refractivity contribution in [1.82, 2.24) is 0 Å². The quantitative estimate of drug-likeness (QED) is 0.455. The van der Waals surface area contributed by atoms with Crippen molar-refractivity contribution in [2.75, 3.05) is 18.1 Å². The smallest absolute Gasteiger partial charge is 0.269 e. The van der Waals surface area contributed by atoms with Crippen molar-refractivity contribution in [1.29, 1.82) is 0 Å². The van der Waals surface area contributed by atoms with Crippen LogP contribution >= 0.6 is 11.6 Å². The van der Waals surface area contributed by atoms with Crippen LogP contribution in [0.4, 0.5) is 17.1 Å². The second-order valence-corrected chi connectivity index (χ2v) is 8.81. The van der Waals surface area contributed by atoms with Crippen LogP contribution in [-0.4, -0.2) is 57.5 Å². The van der Waals surface area contributed by atoms with Gasteiger partial charge in [0.1, 0.15) is 17.5 Å². The predicted molar refractivity (Wildman–Crippen MR) is 117 cm³/mol. The van der Waals surface area contributed by atoms with E-state index in [0.717, 1.165) is 16.9 Å². The summed E-state index contributed by atoms with van der Waals surface area (Å²) in [5.41, 5.74) is 1.11. The van der Waals surface area contributed by atoms with Crippen LogP contribution in [0.25, 0.3) is 0 Å². The fourth-order valence-corrected chi connectivity index (χ4v) is 4.42. The highest BCUT2D eigenvalue weighted by atomic mass is 35.5. The van der Waals surface area contributed by atoms with Crippen molar-refractivity contribution in [3.05, 3.63) is 57.1 Å². The molecule has 5 atom stereocenters. The monoisotopic (exact) mass is 464 g/mol. The molecule has 32 heavy (non-hydrogen) atoms. The van der Waals surface area contributed by atoms with Gasteiger partial charge in [-0.1, -0.05) is 18.5 Å². The van der Waals surface area contributed by atoms with E-state index in [9.17, 15) is 25.4 Å². The largest absolute Gasteiger partial charge is 0.460 e. The van der Waals surface area contributed by atoms with Gasteiger partial charge in [0.2, 0.25) is 6.29 Å². The summed E-state index contributed by atoms with van der Waals surface area (Å²) in [4.78, 5) is 12.6. The molecule has 1 saturated heterocycles. The molecule has 0 amide bonds. The van der Waals surface area contributed by atoms with E-state index in [-0.39, 0.29) is 16.5 Å². The van der Waals surface area contributed by atoms with Crippen LogP contribution in [0.15, 0.2) is 36.4 Å². The Hall–Kier alpha value is -2.43. The SMILES string of the molecule is CC1[C@H](O)C(CO)O[C@H](Oc2ccc(N3CCc4cc([N+](=O)[O-])ccc43)cc2Cl)[C@@]1(C)O. The number of fused-ring (bicyclic) bond motifs is 1. The zero-order valence-electron chi connectivity index (χ0n) is 17.6. The molecule has 0 bridgehead atoms. The molecule has 9 nitrogen and oxygen atoms in total. The average Bonchev–Trinajstić information content (AvgIpc) is 3.18. The van der Waals surface area contributed by atoms with Crippen LogP contribution in [0, 0.1) is 16.0 Å². The Bertz CT molecular complexity index is 1030. The maximum atomic E-state index is 11.0. The number of non-ortho nitro benzene ring substituents is 1. The van der Waals surface area contributed by atoms with Gasteiger partial charge in [0.25, 0.3) is 5.69 Å². The normalized spacial score (nSPS) is 29.6. The molecule has 4 rings (SSSR count). The molecular formula is C22H25ClN2O7. The van der Waals surface area contributed by atoms with Gasteiger partial charge in [0.05, 0.1) is 22.7 Å². The van der Waals surface area contributed by atoms with Gasteiger partial charge in [-0.25, -0.2) is 0 Å². The van der Waals surface area contributed by atoms with Crippen molar-refractivity contribution in [2.24, 2.45) is 5.92 Å². The minimum absolute atomic E-state index is 0.0624. The van der Waals surface area contributed by atoms with E-state index in [4.69, 9.17) is 21.1 Å². The first-order valence-electron chi connectivity index (χ1n) is 10.3. The summed E-state index contributed by atoms with van der Waals surface area (Å²) in [6.45, 7) is 3.40. The van der Waals surface area contributed by atoms with E-state index < -0.39 is 41.5 Å². The molecular weight excluding hydrogens is 440 g/mol. The van der Waals surface area contributed by atoms with E-state index in [2.05, 4.69) is 0 Å². The predicted octanol–water partition coefficient (Wildman–Crippen LogP) is 2.79. The minimum atomic E-state index is -1.52. The summed E-state index contributed by atoms with van der Waals surface area (Å²) in [5.74, 6) is -0.328. The van der Waals surface area contributed by atoms with Crippen molar-refractivity contribution >= 4 is 28.7 Å². The number of anilines is 2. The summed E-state index contributed by atoms with van der Waals surface area (Å²) in [6, 6.07) is 9.97. The fraction of sp³-hybridized carbons (Fsp3) is 0.455. The number of hydrogen-bond acceptors (Lipinski definition) is 8. The third kappa shape index (κ3) is 3.91. The maximum absolute atomic E-state index is 11.0. The molecule has 10 heteroatoms. The topological polar surface area (TPSA) is 126 Å². The minimum Gasteiger partial charge on any atom is -0.460 e. The van der Waals surface area contributed by atoms with Gasteiger partial charge >= 0.3 is 0 Å². The fourth-order valence-electron chi connectivity index (χ4n) is 4.20. The summed E-state index contributed by atoms with van der Waals surface area (Å²) in [5, 5.41) is 41.9. The Balaban J connectivity index is 1.56. The lowest BCUT2D eigenvalue weighted by Gasteiger charge is -2.46. The molecule has 2 heterocycles. The van der Waals surface area contributed by atoms with E-state index in [1.807, 2.05) is 4.90 Å². The number of aliphatic hydroxyl groups excluding tert-OH is 2. The Kier molecular flexibility index (Phi) is 6.04. The summed E-state index contributed by atoms with van der Waals surface area (Å²) < 4.78 is 11.5. The first-order chi connectivity index (χ1) is 15.1. The Morgan fingerprint density at radius 3 is 2.75 bits per heavy atom. The number of hydrogen-bond donors (Lipinski definition) is 3. The Labute approximate surface area is 189 Å². The summed E-state index contributed by atoms with van der Waals surface area (Å²) in [6.07, 6.45) is -2.40. The number of rotatable bonds is 5. The molecule has 2 aromatic rings. The summed E-state index contributed by atoms with van der Waals surface area (Å²) in [7, 11) is 0. The van der Waals surface area contributed by atoms with Gasteiger partial charge < -0.3 is 29.7 Å². The van der Waals surface area contributed by atoms with E-state index >= 15 is 0 Å². The summed E-state index contributed by atoms with van der Waals surface area (Å²) >= 11 is 6.47. The van der Waals surface area contributed by atoms with Crippen molar-refractivity contribution < 1.29 is 29.7 Å². The molecule has 2 aliphatic heterocycles. The number of benzene rings is 2. The third-order valence-electron chi connectivity index (χ3n) is 6.40. The lowest BCUT2D eigenvalue weighted by molar-refractivity contribution is -0.384. The lowest BCUT2D eigenvalue weighted by atomic mass is 9.81. The average molecular weight is 465 g/mol. The Morgan fingerprint density at radius 2 is 2.09 bits per heavy atom. The number of halogens is 1. The lowest BCUT2D eigenvalue weighted by Crippen LogP contribution is -2.62. The molecule has 0 spiro atoms. The molecule has 2 unspecified atom stereocenters. The molecule has 0 radical (unpaired) electrons. The van der Waals surface area contributed by atoms with E-state index in [1.165, 1.54) is 13.0 Å². The second kappa shape index (κ2) is 8.49. The molecule has 3 N–H and O–H groups in total. The van der Waals surface area contributed by atoms with Crippen LogP contribution < -0.4 is 9.64 Å². The van der Waals surface area contributed by atoms with Crippen molar-refractivity contribution in [3.63, 3.8) is 0 Å². The van der Waals surface area contributed by atoms with Gasteiger partial charge in [0, 0.05) is 36.0 Å². The zero-order chi connectivity index (χ0) is 23.2. The highest BCUT2D eigenvalue weighted by molar-refractivity contribution is 6.32.